The largest absolute Gasteiger partial charge is 0.496 e. The second-order valence-corrected chi connectivity index (χ2v) is 8.73. The summed E-state index contributed by atoms with van der Waals surface area (Å²) >= 11 is 0. The molecule has 4 rings (SSSR count). The minimum Gasteiger partial charge on any atom is -0.496 e. The molecule has 0 spiro atoms. The number of sulfonamides is 1. The molecule has 0 fully saturated rings. The molecule has 0 atom stereocenters. The summed E-state index contributed by atoms with van der Waals surface area (Å²) in [6, 6.07) is 13.4. The van der Waals surface area contributed by atoms with E-state index in [9.17, 15) is 8.42 Å². The smallest absolute Gasteiger partial charge is 0.261 e. The van der Waals surface area contributed by atoms with Crippen LogP contribution < -0.4 is 14.8 Å². The van der Waals surface area contributed by atoms with Crippen molar-refractivity contribution in [2.24, 2.45) is 0 Å². The zero-order valence-corrected chi connectivity index (χ0v) is 18.6. The van der Waals surface area contributed by atoms with Crippen LogP contribution in [0.25, 0.3) is 5.82 Å². The van der Waals surface area contributed by atoms with Crippen LogP contribution in [-0.4, -0.2) is 35.0 Å². The van der Waals surface area contributed by atoms with Gasteiger partial charge in [-0.3, -0.25) is 9.29 Å². The van der Waals surface area contributed by atoms with Crippen molar-refractivity contribution in [1.82, 2.24) is 19.5 Å². The first-order valence-electron chi connectivity index (χ1n) is 9.72. The Morgan fingerprint density at radius 1 is 0.938 bits per heavy atom. The zero-order chi connectivity index (χ0) is 22.7. The molecule has 0 saturated carbocycles. The van der Waals surface area contributed by atoms with E-state index in [1.165, 1.54) is 12.4 Å². The molecular formula is C22H22N6O3S. The molecule has 10 heteroatoms. The summed E-state index contributed by atoms with van der Waals surface area (Å²) in [5.74, 6) is 2.75. The van der Waals surface area contributed by atoms with E-state index in [2.05, 4.69) is 25.0 Å². The highest BCUT2D eigenvalue weighted by molar-refractivity contribution is 7.92. The van der Waals surface area contributed by atoms with Crippen molar-refractivity contribution in [2.45, 2.75) is 18.7 Å². The average Bonchev–Trinajstić information content (AvgIpc) is 3.21. The molecule has 0 bridgehead atoms. The summed E-state index contributed by atoms with van der Waals surface area (Å²) < 4.78 is 35.1. The molecule has 4 aromatic rings. The Morgan fingerprint density at radius 3 is 2.34 bits per heavy atom. The summed E-state index contributed by atoms with van der Waals surface area (Å²) in [4.78, 5) is 12.9. The van der Waals surface area contributed by atoms with Gasteiger partial charge in [-0.05, 0) is 61.9 Å². The normalized spacial score (nSPS) is 11.2. The van der Waals surface area contributed by atoms with Crippen molar-refractivity contribution < 1.29 is 13.2 Å². The Morgan fingerprint density at radius 2 is 1.69 bits per heavy atom. The van der Waals surface area contributed by atoms with Crippen molar-refractivity contribution in [1.29, 1.82) is 0 Å². The molecule has 2 heterocycles. The molecule has 0 unspecified atom stereocenters. The van der Waals surface area contributed by atoms with E-state index < -0.39 is 10.0 Å². The number of aryl methyl sites for hydroxylation is 2. The first-order chi connectivity index (χ1) is 15.4. The quantitative estimate of drug-likeness (QED) is 0.440. The standard InChI is InChI=1S/C22H22N6O3S/c1-15-12-19(8-9-20(15)31-3)32(29,30)27-18-6-4-17(5-7-18)26-21-13-22(25-14-24-21)28-11-10-23-16(28)2/h4-14,27H,1-3H3,(H,24,25,26). The Hall–Kier alpha value is -3.92. The van der Waals surface area contributed by atoms with Gasteiger partial charge < -0.3 is 10.1 Å². The number of imidazole rings is 1. The van der Waals surface area contributed by atoms with Crippen LogP contribution in [0.1, 0.15) is 11.4 Å². The Bertz CT molecular complexity index is 1350. The monoisotopic (exact) mass is 450 g/mol. The molecule has 32 heavy (non-hydrogen) atoms. The van der Waals surface area contributed by atoms with Crippen LogP contribution >= 0.6 is 0 Å². The summed E-state index contributed by atoms with van der Waals surface area (Å²) in [6.45, 7) is 3.69. The van der Waals surface area contributed by atoms with Gasteiger partial charge in [0.2, 0.25) is 0 Å². The second kappa shape index (κ2) is 8.67. The Labute approximate surface area is 186 Å². The highest BCUT2D eigenvalue weighted by Crippen LogP contribution is 2.24. The second-order valence-electron chi connectivity index (χ2n) is 7.05. The molecule has 0 saturated heterocycles. The van der Waals surface area contributed by atoms with Crippen molar-refractivity contribution in [3.8, 4) is 11.6 Å². The topological polar surface area (TPSA) is 111 Å². The molecule has 2 aromatic heterocycles. The van der Waals surface area contributed by atoms with Crippen LogP contribution in [0.4, 0.5) is 17.2 Å². The van der Waals surface area contributed by atoms with Crippen molar-refractivity contribution in [3.05, 3.63) is 78.6 Å². The van der Waals surface area contributed by atoms with Crippen molar-refractivity contribution in [3.63, 3.8) is 0 Å². The summed E-state index contributed by atoms with van der Waals surface area (Å²) in [5, 5.41) is 3.19. The lowest BCUT2D eigenvalue weighted by molar-refractivity contribution is 0.411. The number of rotatable bonds is 7. The number of ether oxygens (including phenoxy) is 1. The lowest BCUT2D eigenvalue weighted by atomic mass is 10.2. The molecule has 2 N–H and O–H groups in total. The fourth-order valence-electron chi connectivity index (χ4n) is 3.17. The SMILES string of the molecule is COc1ccc(S(=O)(=O)Nc2ccc(Nc3cc(-n4ccnc4C)ncn3)cc2)cc1C. The number of nitrogens with one attached hydrogen (secondary N) is 2. The maximum atomic E-state index is 12.7. The number of aromatic nitrogens is 4. The van der Waals surface area contributed by atoms with Crippen LogP contribution in [0.5, 0.6) is 5.75 Å². The first kappa shape index (κ1) is 21.3. The fourth-order valence-corrected chi connectivity index (χ4v) is 4.31. The summed E-state index contributed by atoms with van der Waals surface area (Å²) in [6.07, 6.45) is 5.00. The van der Waals surface area contributed by atoms with Gasteiger partial charge >= 0.3 is 0 Å². The van der Waals surface area contributed by atoms with E-state index in [4.69, 9.17) is 4.74 Å². The van der Waals surface area contributed by atoms with Gasteiger partial charge in [0, 0.05) is 29.8 Å². The summed E-state index contributed by atoms with van der Waals surface area (Å²) in [7, 11) is -2.18. The van der Waals surface area contributed by atoms with Crippen LogP contribution in [-0.2, 0) is 10.0 Å². The minimum absolute atomic E-state index is 0.168. The fraction of sp³-hybridized carbons (Fsp3) is 0.136. The third-order valence-corrected chi connectivity index (χ3v) is 6.19. The highest BCUT2D eigenvalue weighted by atomic mass is 32.2. The maximum absolute atomic E-state index is 12.7. The Kier molecular flexibility index (Phi) is 5.78. The number of anilines is 3. The number of nitrogens with zero attached hydrogens (tertiary/aromatic N) is 4. The van der Waals surface area contributed by atoms with Gasteiger partial charge in [-0.2, -0.15) is 0 Å². The van der Waals surface area contributed by atoms with E-state index in [1.807, 2.05) is 17.7 Å². The van der Waals surface area contributed by atoms with E-state index >= 15 is 0 Å². The van der Waals surface area contributed by atoms with Gasteiger partial charge in [-0.25, -0.2) is 23.4 Å². The van der Waals surface area contributed by atoms with Crippen LogP contribution in [0.2, 0.25) is 0 Å². The highest BCUT2D eigenvalue weighted by Gasteiger charge is 2.15. The van der Waals surface area contributed by atoms with Gasteiger partial charge in [0.1, 0.15) is 29.5 Å². The lowest BCUT2D eigenvalue weighted by Gasteiger charge is -2.12. The van der Waals surface area contributed by atoms with Crippen molar-refractivity contribution in [2.75, 3.05) is 17.1 Å². The first-order valence-corrected chi connectivity index (χ1v) is 11.2. The predicted molar refractivity (Wildman–Crippen MR) is 122 cm³/mol. The predicted octanol–water partition coefficient (Wildman–Crippen LogP) is 3.83. The molecule has 164 valence electrons. The number of hydrogen-bond donors (Lipinski definition) is 2. The molecule has 0 radical (unpaired) electrons. The number of hydrogen-bond acceptors (Lipinski definition) is 7. The lowest BCUT2D eigenvalue weighted by Crippen LogP contribution is -2.13. The maximum Gasteiger partial charge on any atom is 0.261 e. The molecule has 2 aromatic carbocycles. The van der Waals surface area contributed by atoms with E-state index in [1.54, 1.807) is 62.7 Å². The van der Waals surface area contributed by atoms with E-state index in [0.717, 1.165) is 17.1 Å². The van der Waals surface area contributed by atoms with Crippen molar-refractivity contribution >= 4 is 27.2 Å². The van der Waals surface area contributed by atoms with Crippen LogP contribution in [0.3, 0.4) is 0 Å². The molecule has 0 amide bonds. The van der Waals surface area contributed by atoms with Crippen LogP contribution in [0.15, 0.2) is 72.1 Å². The summed E-state index contributed by atoms with van der Waals surface area (Å²) in [5.41, 5.74) is 1.94. The van der Waals surface area contributed by atoms with Gasteiger partial charge in [0.05, 0.1) is 12.0 Å². The average molecular weight is 451 g/mol. The molecule has 0 aliphatic rings. The van der Waals surface area contributed by atoms with Crippen LogP contribution in [0, 0.1) is 13.8 Å². The molecule has 0 aliphatic heterocycles. The third kappa shape index (κ3) is 4.54. The van der Waals surface area contributed by atoms with Gasteiger partial charge in [-0.1, -0.05) is 0 Å². The van der Waals surface area contributed by atoms with Gasteiger partial charge in [-0.15, -0.1) is 0 Å². The van der Waals surface area contributed by atoms with E-state index in [-0.39, 0.29) is 4.90 Å². The van der Waals surface area contributed by atoms with Gasteiger partial charge in [0.15, 0.2) is 0 Å². The third-order valence-electron chi connectivity index (χ3n) is 4.81. The number of methoxy groups -OCH3 is 1. The molecular weight excluding hydrogens is 428 g/mol. The minimum atomic E-state index is -3.72. The molecule has 0 aliphatic carbocycles. The van der Waals surface area contributed by atoms with E-state index in [0.29, 0.717) is 23.1 Å². The Balaban J connectivity index is 1.48. The molecule has 9 nitrogen and oxygen atoms in total. The zero-order valence-electron chi connectivity index (χ0n) is 17.8. The van der Waals surface area contributed by atoms with Gasteiger partial charge in [0.25, 0.3) is 10.0 Å². The number of benzene rings is 2.